The van der Waals surface area contributed by atoms with E-state index in [0.717, 1.165) is 25.7 Å². The summed E-state index contributed by atoms with van der Waals surface area (Å²) in [6.07, 6.45) is 3.94. The first-order valence-corrected chi connectivity index (χ1v) is 6.57. The third-order valence-corrected chi connectivity index (χ3v) is 3.98. The molecule has 1 aliphatic heterocycles. The quantitative estimate of drug-likeness (QED) is 0.693. The summed E-state index contributed by atoms with van der Waals surface area (Å²) in [5, 5.41) is 0. The second kappa shape index (κ2) is 5.08. The number of nitrogens with zero attached hydrogens (tertiary/aromatic N) is 2. The first kappa shape index (κ1) is 13.1. The zero-order valence-electron chi connectivity index (χ0n) is 11.0. The Kier molecular flexibility index (Phi) is 3.68. The molecule has 18 heavy (non-hydrogen) atoms. The zero-order valence-corrected chi connectivity index (χ0v) is 11.0. The van der Waals surface area contributed by atoms with E-state index in [9.17, 15) is 14.4 Å². The van der Waals surface area contributed by atoms with Crippen LogP contribution in [0.4, 0.5) is 0 Å². The van der Waals surface area contributed by atoms with Crippen LogP contribution in [0.1, 0.15) is 32.1 Å². The van der Waals surface area contributed by atoms with Gasteiger partial charge in [-0.1, -0.05) is 12.8 Å². The average molecular weight is 252 g/mol. The lowest BCUT2D eigenvalue weighted by Crippen LogP contribution is -2.35. The lowest BCUT2D eigenvalue weighted by Gasteiger charge is -2.19. The second-order valence-electron chi connectivity index (χ2n) is 5.36. The van der Waals surface area contributed by atoms with Crippen LogP contribution in [-0.4, -0.2) is 48.2 Å². The Balaban J connectivity index is 1.99. The van der Waals surface area contributed by atoms with Gasteiger partial charge in [0.15, 0.2) is 0 Å². The highest BCUT2D eigenvalue weighted by Crippen LogP contribution is 2.37. The Morgan fingerprint density at radius 3 is 2.11 bits per heavy atom. The fraction of sp³-hybridized carbons (Fsp3) is 0.769. The molecular weight excluding hydrogens is 232 g/mol. The lowest BCUT2D eigenvalue weighted by molar-refractivity contribution is -0.140. The standard InChI is InChI=1S/C13H20N2O3/c1-14(2)11(16)7-8-15-12(17)9-5-3-4-6-10(9)13(15)18/h9-10H,3-8H2,1-2H3. The molecule has 2 rings (SSSR count). The summed E-state index contributed by atoms with van der Waals surface area (Å²) >= 11 is 0. The van der Waals surface area contributed by atoms with Crippen molar-refractivity contribution in [3.8, 4) is 0 Å². The molecule has 100 valence electrons. The molecule has 2 aliphatic rings. The molecular formula is C13H20N2O3. The van der Waals surface area contributed by atoms with E-state index in [1.54, 1.807) is 14.1 Å². The number of hydrogen-bond acceptors (Lipinski definition) is 3. The Bertz CT molecular complexity index is 354. The number of carbonyl (C=O) groups is 3. The SMILES string of the molecule is CN(C)C(=O)CCN1C(=O)C2CCCCC2C1=O. The van der Waals surface area contributed by atoms with Gasteiger partial charge in [-0.2, -0.15) is 0 Å². The number of fused-ring (bicyclic) bond motifs is 1. The fourth-order valence-corrected chi connectivity index (χ4v) is 2.88. The number of rotatable bonds is 3. The zero-order chi connectivity index (χ0) is 13.3. The number of hydrogen-bond donors (Lipinski definition) is 0. The van der Waals surface area contributed by atoms with E-state index in [1.165, 1.54) is 9.80 Å². The van der Waals surface area contributed by atoms with Crippen LogP contribution < -0.4 is 0 Å². The molecule has 0 N–H and O–H groups in total. The third-order valence-electron chi connectivity index (χ3n) is 3.98. The normalized spacial score (nSPS) is 27.3. The van der Waals surface area contributed by atoms with E-state index >= 15 is 0 Å². The van der Waals surface area contributed by atoms with Crippen molar-refractivity contribution in [3.05, 3.63) is 0 Å². The second-order valence-corrected chi connectivity index (χ2v) is 5.36. The molecule has 1 aliphatic carbocycles. The van der Waals surface area contributed by atoms with Crippen LogP contribution >= 0.6 is 0 Å². The van der Waals surface area contributed by atoms with Gasteiger partial charge in [0, 0.05) is 27.1 Å². The first-order chi connectivity index (χ1) is 8.52. The Hall–Kier alpha value is -1.39. The summed E-state index contributed by atoms with van der Waals surface area (Å²) < 4.78 is 0. The van der Waals surface area contributed by atoms with Crippen LogP contribution in [-0.2, 0) is 14.4 Å². The molecule has 5 nitrogen and oxygen atoms in total. The van der Waals surface area contributed by atoms with Crippen molar-refractivity contribution in [1.82, 2.24) is 9.80 Å². The van der Waals surface area contributed by atoms with Crippen molar-refractivity contribution >= 4 is 17.7 Å². The van der Waals surface area contributed by atoms with Crippen LogP contribution in [0.2, 0.25) is 0 Å². The van der Waals surface area contributed by atoms with E-state index < -0.39 is 0 Å². The van der Waals surface area contributed by atoms with Crippen molar-refractivity contribution in [2.75, 3.05) is 20.6 Å². The molecule has 0 bridgehead atoms. The van der Waals surface area contributed by atoms with E-state index in [-0.39, 0.29) is 42.5 Å². The summed E-state index contributed by atoms with van der Waals surface area (Å²) in [6, 6.07) is 0. The van der Waals surface area contributed by atoms with E-state index in [0.29, 0.717) is 0 Å². The average Bonchev–Trinajstić information content (AvgIpc) is 2.60. The molecule has 1 saturated heterocycles. The van der Waals surface area contributed by atoms with Crippen molar-refractivity contribution in [3.63, 3.8) is 0 Å². The maximum atomic E-state index is 12.1. The summed E-state index contributed by atoms with van der Waals surface area (Å²) in [7, 11) is 3.35. The number of imide groups is 1. The highest BCUT2D eigenvalue weighted by molar-refractivity contribution is 6.05. The maximum Gasteiger partial charge on any atom is 0.233 e. The molecule has 0 aromatic carbocycles. The van der Waals surface area contributed by atoms with Crippen molar-refractivity contribution in [2.24, 2.45) is 11.8 Å². The molecule has 1 heterocycles. The van der Waals surface area contributed by atoms with Crippen LogP contribution in [0.3, 0.4) is 0 Å². The predicted octanol–water partition coefficient (Wildman–Crippen LogP) is 0.640. The summed E-state index contributed by atoms with van der Waals surface area (Å²) in [5.41, 5.74) is 0. The summed E-state index contributed by atoms with van der Waals surface area (Å²) in [6.45, 7) is 0.238. The third kappa shape index (κ3) is 2.26. The Morgan fingerprint density at radius 2 is 1.67 bits per heavy atom. The number of carbonyl (C=O) groups excluding carboxylic acids is 3. The fourth-order valence-electron chi connectivity index (χ4n) is 2.88. The van der Waals surface area contributed by atoms with Gasteiger partial charge in [-0.3, -0.25) is 19.3 Å². The van der Waals surface area contributed by atoms with Crippen molar-refractivity contribution in [2.45, 2.75) is 32.1 Å². The van der Waals surface area contributed by atoms with Gasteiger partial charge >= 0.3 is 0 Å². The molecule has 2 unspecified atom stereocenters. The largest absolute Gasteiger partial charge is 0.349 e. The molecule has 2 fully saturated rings. The Morgan fingerprint density at radius 1 is 1.17 bits per heavy atom. The lowest BCUT2D eigenvalue weighted by atomic mass is 9.81. The molecule has 2 atom stereocenters. The van der Waals surface area contributed by atoms with Crippen LogP contribution in [0.5, 0.6) is 0 Å². The van der Waals surface area contributed by atoms with E-state index in [1.807, 2.05) is 0 Å². The van der Waals surface area contributed by atoms with Gasteiger partial charge in [0.1, 0.15) is 0 Å². The predicted molar refractivity (Wildman–Crippen MR) is 65.5 cm³/mol. The van der Waals surface area contributed by atoms with Gasteiger partial charge in [0.2, 0.25) is 17.7 Å². The number of likely N-dealkylation sites (tertiary alicyclic amines) is 1. The van der Waals surface area contributed by atoms with Gasteiger partial charge in [0.05, 0.1) is 11.8 Å². The summed E-state index contributed by atoms with van der Waals surface area (Å²) in [4.78, 5) is 38.5. The van der Waals surface area contributed by atoms with E-state index in [4.69, 9.17) is 0 Å². The molecule has 0 radical (unpaired) electrons. The van der Waals surface area contributed by atoms with Gasteiger partial charge in [-0.15, -0.1) is 0 Å². The summed E-state index contributed by atoms with van der Waals surface area (Å²) in [5.74, 6) is -0.389. The van der Waals surface area contributed by atoms with Gasteiger partial charge in [-0.05, 0) is 12.8 Å². The minimum absolute atomic E-state index is 0.0505. The molecule has 1 saturated carbocycles. The smallest absolute Gasteiger partial charge is 0.233 e. The molecule has 3 amide bonds. The first-order valence-electron chi connectivity index (χ1n) is 6.57. The van der Waals surface area contributed by atoms with Crippen molar-refractivity contribution < 1.29 is 14.4 Å². The van der Waals surface area contributed by atoms with E-state index in [2.05, 4.69) is 0 Å². The minimum Gasteiger partial charge on any atom is -0.349 e. The molecule has 0 spiro atoms. The maximum absolute atomic E-state index is 12.1. The topological polar surface area (TPSA) is 57.7 Å². The van der Waals surface area contributed by atoms with Crippen LogP contribution in [0.15, 0.2) is 0 Å². The minimum atomic E-state index is -0.110. The monoisotopic (exact) mass is 252 g/mol. The highest BCUT2D eigenvalue weighted by Gasteiger charge is 2.47. The van der Waals surface area contributed by atoms with Gasteiger partial charge < -0.3 is 4.90 Å². The Labute approximate surface area is 107 Å². The molecule has 0 aromatic rings. The molecule has 0 aromatic heterocycles. The number of amides is 3. The molecule has 5 heteroatoms. The van der Waals surface area contributed by atoms with Crippen LogP contribution in [0, 0.1) is 11.8 Å². The van der Waals surface area contributed by atoms with Crippen molar-refractivity contribution in [1.29, 1.82) is 0 Å². The van der Waals surface area contributed by atoms with Crippen LogP contribution in [0.25, 0.3) is 0 Å². The van der Waals surface area contributed by atoms with Gasteiger partial charge in [-0.25, -0.2) is 0 Å². The highest BCUT2D eigenvalue weighted by atomic mass is 16.2. The van der Waals surface area contributed by atoms with Gasteiger partial charge in [0.25, 0.3) is 0 Å².